The Hall–Kier alpha value is -3.04. The lowest BCUT2D eigenvalue weighted by molar-refractivity contribution is 0.417. The molecule has 0 saturated heterocycles. The second-order valence-corrected chi connectivity index (χ2v) is 9.12. The van der Waals surface area contributed by atoms with Crippen LogP contribution in [-0.2, 0) is 20.0 Å². The van der Waals surface area contributed by atoms with E-state index in [0.717, 1.165) is 0 Å². The lowest BCUT2D eigenvalue weighted by Crippen LogP contribution is -2.15. The number of ether oxygens (including phenoxy) is 1. The van der Waals surface area contributed by atoms with Gasteiger partial charge in [-0.2, -0.15) is 0 Å². The molecule has 0 saturated carbocycles. The third-order valence-electron chi connectivity index (χ3n) is 3.81. The second kappa shape index (κ2) is 7.91. The predicted octanol–water partition coefficient (Wildman–Crippen LogP) is 3.30. The molecule has 0 aliphatic heterocycles. The number of anilines is 2. The van der Waals surface area contributed by atoms with Crippen molar-refractivity contribution in [1.82, 2.24) is 0 Å². The maximum atomic E-state index is 12.5. The van der Waals surface area contributed by atoms with Gasteiger partial charge in [-0.15, -0.1) is 0 Å². The van der Waals surface area contributed by atoms with Crippen LogP contribution in [0, 0.1) is 0 Å². The summed E-state index contributed by atoms with van der Waals surface area (Å²) in [4.78, 5) is 0.216. The molecule has 0 amide bonds. The van der Waals surface area contributed by atoms with Gasteiger partial charge in [0.15, 0.2) is 0 Å². The summed E-state index contributed by atoms with van der Waals surface area (Å²) < 4.78 is 60.0. The van der Waals surface area contributed by atoms with E-state index in [9.17, 15) is 16.8 Å². The Morgan fingerprint density at radius 3 is 1.68 bits per heavy atom. The van der Waals surface area contributed by atoms with E-state index in [1.165, 1.54) is 49.6 Å². The fourth-order valence-corrected chi connectivity index (χ4v) is 4.62. The summed E-state index contributed by atoms with van der Waals surface area (Å²) in [6, 6.07) is 20.1. The van der Waals surface area contributed by atoms with Crippen molar-refractivity contribution in [1.29, 1.82) is 0 Å². The summed E-state index contributed by atoms with van der Waals surface area (Å²) in [7, 11) is -6.21. The van der Waals surface area contributed by atoms with E-state index in [-0.39, 0.29) is 26.9 Å². The van der Waals surface area contributed by atoms with Gasteiger partial charge in [-0.05, 0) is 36.4 Å². The van der Waals surface area contributed by atoms with Gasteiger partial charge in [0.25, 0.3) is 20.0 Å². The van der Waals surface area contributed by atoms with Gasteiger partial charge in [0.1, 0.15) is 5.75 Å². The van der Waals surface area contributed by atoms with Crippen molar-refractivity contribution in [2.45, 2.75) is 9.79 Å². The van der Waals surface area contributed by atoms with Gasteiger partial charge in [0.05, 0.1) is 28.3 Å². The minimum Gasteiger partial charge on any atom is -0.494 e. The number of benzene rings is 3. The highest BCUT2D eigenvalue weighted by Crippen LogP contribution is 2.31. The Kier molecular flexibility index (Phi) is 5.57. The van der Waals surface area contributed by atoms with Gasteiger partial charge < -0.3 is 4.74 Å². The van der Waals surface area contributed by atoms with Crippen LogP contribution in [0.3, 0.4) is 0 Å². The molecule has 0 radical (unpaired) electrons. The Bertz CT molecular complexity index is 1160. The van der Waals surface area contributed by atoms with Crippen molar-refractivity contribution in [3.05, 3.63) is 78.9 Å². The molecule has 3 aromatic carbocycles. The highest BCUT2D eigenvalue weighted by Gasteiger charge is 2.18. The van der Waals surface area contributed by atoms with Crippen LogP contribution in [0.2, 0.25) is 0 Å². The zero-order valence-electron chi connectivity index (χ0n) is 14.9. The molecule has 0 atom stereocenters. The Morgan fingerprint density at radius 1 is 0.679 bits per heavy atom. The topological polar surface area (TPSA) is 102 Å². The number of sulfonamides is 2. The third kappa shape index (κ3) is 4.44. The minimum atomic E-state index is -3.81. The number of hydrogen-bond acceptors (Lipinski definition) is 5. The van der Waals surface area contributed by atoms with E-state index in [1.807, 2.05) is 0 Å². The number of rotatable bonds is 7. The maximum Gasteiger partial charge on any atom is 0.262 e. The molecular formula is C19H18N2O5S2. The first-order valence-electron chi connectivity index (χ1n) is 8.15. The zero-order chi connectivity index (χ0) is 20.2. The molecule has 7 nitrogen and oxygen atoms in total. The quantitative estimate of drug-likeness (QED) is 0.613. The van der Waals surface area contributed by atoms with E-state index in [2.05, 4.69) is 9.44 Å². The van der Waals surface area contributed by atoms with Crippen molar-refractivity contribution in [3.63, 3.8) is 0 Å². The van der Waals surface area contributed by atoms with Gasteiger partial charge in [0, 0.05) is 6.07 Å². The standard InChI is InChI=1S/C19H18N2O5S2/c1-26-19-14-15(20-27(22,23)16-8-4-2-5-9-16)12-13-18(19)21-28(24,25)17-10-6-3-7-11-17/h2-14,20-21H,1H3. The average Bonchev–Trinajstić information content (AvgIpc) is 2.70. The van der Waals surface area contributed by atoms with Gasteiger partial charge in [-0.25, -0.2) is 16.8 Å². The predicted molar refractivity (Wildman–Crippen MR) is 107 cm³/mol. The summed E-state index contributed by atoms with van der Waals surface area (Å²) in [6.07, 6.45) is 0. The van der Waals surface area contributed by atoms with Crippen molar-refractivity contribution in [3.8, 4) is 5.75 Å². The molecule has 3 rings (SSSR count). The van der Waals surface area contributed by atoms with Crippen LogP contribution in [0.5, 0.6) is 5.75 Å². The molecule has 0 aromatic heterocycles. The number of nitrogens with one attached hydrogen (secondary N) is 2. The molecule has 0 heterocycles. The Balaban J connectivity index is 1.87. The minimum absolute atomic E-state index is 0.103. The van der Waals surface area contributed by atoms with Crippen LogP contribution in [0.15, 0.2) is 88.7 Å². The molecule has 0 aliphatic carbocycles. The van der Waals surface area contributed by atoms with Gasteiger partial charge >= 0.3 is 0 Å². The van der Waals surface area contributed by atoms with Crippen LogP contribution >= 0.6 is 0 Å². The fourth-order valence-electron chi connectivity index (χ4n) is 2.46. The second-order valence-electron chi connectivity index (χ2n) is 5.75. The fraction of sp³-hybridized carbons (Fsp3) is 0.0526. The highest BCUT2D eigenvalue weighted by molar-refractivity contribution is 7.93. The first-order chi connectivity index (χ1) is 13.3. The van der Waals surface area contributed by atoms with Crippen molar-refractivity contribution < 1.29 is 21.6 Å². The van der Waals surface area contributed by atoms with Gasteiger partial charge in [-0.1, -0.05) is 36.4 Å². The van der Waals surface area contributed by atoms with E-state index in [0.29, 0.717) is 0 Å². The Labute approximate surface area is 164 Å². The molecule has 0 aliphatic rings. The molecule has 0 fully saturated rings. The molecule has 3 aromatic rings. The molecule has 146 valence electrons. The van der Waals surface area contributed by atoms with Crippen LogP contribution in [0.1, 0.15) is 0 Å². The van der Waals surface area contributed by atoms with Crippen molar-refractivity contribution in [2.24, 2.45) is 0 Å². The zero-order valence-corrected chi connectivity index (χ0v) is 16.5. The Morgan fingerprint density at radius 2 is 1.18 bits per heavy atom. The normalized spacial score (nSPS) is 11.6. The average molecular weight is 418 g/mol. The SMILES string of the molecule is COc1cc(NS(=O)(=O)c2ccccc2)ccc1NS(=O)(=O)c1ccccc1. The van der Waals surface area contributed by atoms with E-state index in [1.54, 1.807) is 36.4 Å². The summed E-state index contributed by atoms with van der Waals surface area (Å²) >= 11 is 0. The third-order valence-corrected chi connectivity index (χ3v) is 6.58. The first kappa shape index (κ1) is 19.7. The van der Waals surface area contributed by atoms with Gasteiger partial charge in [-0.3, -0.25) is 9.44 Å². The maximum absolute atomic E-state index is 12.5. The summed E-state index contributed by atoms with van der Waals surface area (Å²) in [5.41, 5.74) is 0.428. The summed E-state index contributed by atoms with van der Waals surface area (Å²) in [5, 5.41) is 0. The molecule has 9 heteroatoms. The van der Waals surface area contributed by atoms with E-state index in [4.69, 9.17) is 4.74 Å². The van der Waals surface area contributed by atoms with E-state index >= 15 is 0 Å². The monoisotopic (exact) mass is 418 g/mol. The summed E-state index contributed by atoms with van der Waals surface area (Å²) in [5.74, 6) is 0.174. The molecule has 28 heavy (non-hydrogen) atoms. The molecular weight excluding hydrogens is 400 g/mol. The molecule has 0 unspecified atom stereocenters. The largest absolute Gasteiger partial charge is 0.494 e. The van der Waals surface area contributed by atoms with Crippen LogP contribution in [0.4, 0.5) is 11.4 Å². The number of hydrogen-bond donors (Lipinski definition) is 2. The molecule has 0 bridgehead atoms. The van der Waals surface area contributed by atoms with E-state index < -0.39 is 20.0 Å². The smallest absolute Gasteiger partial charge is 0.262 e. The van der Waals surface area contributed by atoms with Crippen LogP contribution in [0.25, 0.3) is 0 Å². The number of methoxy groups -OCH3 is 1. The van der Waals surface area contributed by atoms with Crippen molar-refractivity contribution in [2.75, 3.05) is 16.6 Å². The van der Waals surface area contributed by atoms with Crippen LogP contribution in [-0.4, -0.2) is 23.9 Å². The first-order valence-corrected chi connectivity index (χ1v) is 11.1. The highest BCUT2D eigenvalue weighted by atomic mass is 32.2. The lowest BCUT2D eigenvalue weighted by Gasteiger charge is -2.14. The van der Waals surface area contributed by atoms with Crippen LogP contribution < -0.4 is 14.2 Å². The lowest BCUT2D eigenvalue weighted by atomic mass is 10.2. The van der Waals surface area contributed by atoms with Gasteiger partial charge in [0.2, 0.25) is 0 Å². The van der Waals surface area contributed by atoms with Crippen molar-refractivity contribution >= 4 is 31.4 Å². The molecule has 0 spiro atoms. The summed E-state index contributed by atoms with van der Waals surface area (Å²) in [6.45, 7) is 0. The molecule has 2 N–H and O–H groups in total.